The normalized spacial score (nSPS) is 39.1. The van der Waals surface area contributed by atoms with Crippen LogP contribution in [0.4, 0.5) is 4.39 Å². The Kier molecular flexibility index (Phi) is 3.69. The predicted molar refractivity (Wildman–Crippen MR) is 100 cm³/mol. The first-order valence-electron chi connectivity index (χ1n) is 9.50. The lowest BCUT2D eigenvalue weighted by atomic mass is 9.90. The zero-order chi connectivity index (χ0) is 20.4. The number of halogens is 1. The van der Waals surface area contributed by atoms with Crippen molar-refractivity contribution in [3.63, 3.8) is 0 Å². The van der Waals surface area contributed by atoms with Crippen molar-refractivity contribution in [2.75, 3.05) is 0 Å². The van der Waals surface area contributed by atoms with Crippen molar-refractivity contribution in [2.45, 2.75) is 35.6 Å². The number of fused-ring (bicyclic) bond motifs is 2. The first-order chi connectivity index (χ1) is 13.9. The number of nitrogens with two attached hydrogens (primary N) is 2. The molecule has 1 saturated heterocycles. The van der Waals surface area contributed by atoms with Crippen molar-refractivity contribution >= 4 is 5.91 Å². The van der Waals surface area contributed by atoms with Gasteiger partial charge in [-0.25, -0.2) is 4.39 Å². The number of nitriles is 1. The Labute approximate surface area is 167 Å². The van der Waals surface area contributed by atoms with Crippen LogP contribution < -0.4 is 11.5 Å². The SMILES string of the molecule is N#C[C@]1(N)CC2(O[C@H](c3ccccc3)[C@@H](c3ccccc3)O2)[C@@H]2[C@H]1[C@@]2(F)C(N)=O. The summed E-state index contributed by atoms with van der Waals surface area (Å²) in [6.07, 6.45) is -1.12. The second kappa shape index (κ2) is 5.86. The largest absolute Gasteiger partial charge is 0.367 e. The second-order valence-corrected chi connectivity index (χ2v) is 8.13. The molecule has 1 amide bonds. The van der Waals surface area contributed by atoms with Gasteiger partial charge in [0.15, 0.2) is 5.79 Å². The van der Waals surface area contributed by atoms with Crippen molar-refractivity contribution in [3.05, 3.63) is 71.8 Å². The Hall–Kier alpha value is -2.79. The van der Waals surface area contributed by atoms with Gasteiger partial charge in [0.05, 0.1) is 12.0 Å². The summed E-state index contributed by atoms with van der Waals surface area (Å²) in [6, 6.07) is 20.9. The van der Waals surface area contributed by atoms with Crippen LogP contribution in [0.1, 0.15) is 29.8 Å². The van der Waals surface area contributed by atoms with Crippen LogP contribution in [0.15, 0.2) is 60.7 Å². The molecule has 6 atom stereocenters. The Morgan fingerprint density at radius 1 is 1.00 bits per heavy atom. The van der Waals surface area contributed by atoms with Gasteiger partial charge in [-0.1, -0.05) is 60.7 Å². The maximum atomic E-state index is 15.5. The quantitative estimate of drug-likeness (QED) is 0.831. The maximum absolute atomic E-state index is 15.5. The molecule has 2 saturated carbocycles. The van der Waals surface area contributed by atoms with E-state index in [0.717, 1.165) is 11.1 Å². The number of nitrogens with zero attached hydrogens (tertiary/aromatic N) is 1. The lowest BCUT2D eigenvalue weighted by molar-refractivity contribution is -0.199. The highest BCUT2D eigenvalue weighted by Crippen LogP contribution is 2.74. The summed E-state index contributed by atoms with van der Waals surface area (Å²) in [5.41, 5.74) is 9.25. The number of rotatable bonds is 3. The fourth-order valence-corrected chi connectivity index (χ4v) is 5.23. The molecule has 2 aromatic carbocycles. The number of hydrogen-bond donors (Lipinski definition) is 2. The molecule has 5 rings (SSSR count). The molecular formula is C22H20FN3O3. The number of alkyl halides is 1. The van der Waals surface area contributed by atoms with Crippen LogP contribution in [0.2, 0.25) is 0 Å². The molecular weight excluding hydrogens is 373 g/mol. The molecule has 148 valence electrons. The molecule has 2 aliphatic carbocycles. The van der Waals surface area contributed by atoms with Gasteiger partial charge < -0.3 is 20.9 Å². The monoisotopic (exact) mass is 393 g/mol. The van der Waals surface area contributed by atoms with Gasteiger partial charge in [-0.2, -0.15) is 5.26 Å². The molecule has 7 heteroatoms. The molecule has 29 heavy (non-hydrogen) atoms. The number of primary amides is 1. The molecule has 1 heterocycles. The fraction of sp³-hybridized carbons (Fsp3) is 0.364. The van der Waals surface area contributed by atoms with Gasteiger partial charge in [0.1, 0.15) is 17.7 Å². The molecule has 0 aromatic heterocycles. The topological polar surface area (TPSA) is 111 Å². The van der Waals surface area contributed by atoms with E-state index in [1.807, 2.05) is 66.7 Å². The molecule has 3 aliphatic rings. The van der Waals surface area contributed by atoms with Crippen LogP contribution in [0.5, 0.6) is 0 Å². The van der Waals surface area contributed by atoms with Crippen molar-refractivity contribution in [3.8, 4) is 6.07 Å². The third kappa shape index (κ3) is 2.34. The van der Waals surface area contributed by atoms with E-state index in [0.29, 0.717) is 0 Å². The highest BCUT2D eigenvalue weighted by molar-refractivity contribution is 5.89. The molecule has 6 nitrogen and oxygen atoms in total. The maximum Gasteiger partial charge on any atom is 0.256 e. The average molecular weight is 393 g/mol. The number of benzene rings is 2. The van der Waals surface area contributed by atoms with Gasteiger partial charge >= 0.3 is 0 Å². The summed E-state index contributed by atoms with van der Waals surface area (Å²) >= 11 is 0. The molecule has 2 aromatic rings. The van der Waals surface area contributed by atoms with Crippen molar-refractivity contribution in [1.29, 1.82) is 5.26 Å². The summed E-state index contributed by atoms with van der Waals surface area (Å²) in [6.45, 7) is 0. The van der Waals surface area contributed by atoms with E-state index in [4.69, 9.17) is 20.9 Å². The fourth-order valence-electron chi connectivity index (χ4n) is 5.23. The minimum absolute atomic E-state index is 0.0303. The Morgan fingerprint density at radius 2 is 1.48 bits per heavy atom. The minimum Gasteiger partial charge on any atom is -0.367 e. The zero-order valence-corrected chi connectivity index (χ0v) is 15.5. The Morgan fingerprint density at radius 3 is 1.90 bits per heavy atom. The summed E-state index contributed by atoms with van der Waals surface area (Å²) in [5.74, 6) is -4.70. The number of hydrogen-bond acceptors (Lipinski definition) is 5. The summed E-state index contributed by atoms with van der Waals surface area (Å²) in [5, 5.41) is 9.64. The molecule has 4 N–H and O–H groups in total. The second-order valence-electron chi connectivity index (χ2n) is 8.13. The molecule has 3 fully saturated rings. The van der Waals surface area contributed by atoms with Crippen LogP contribution in [0, 0.1) is 23.2 Å². The Balaban J connectivity index is 1.60. The van der Waals surface area contributed by atoms with Gasteiger partial charge in [0, 0.05) is 12.3 Å². The summed E-state index contributed by atoms with van der Waals surface area (Å²) < 4.78 is 28.2. The Bertz CT molecular complexity index is 963. The van der Waals surface area contributed by atoms with Crippen LogP contribution in [0.3, 0.4) is 0 Å². The van der Waals surface area contributed by atoms with E-state index >= 15 is 4.39 Å². The van der Waals surface area contributed by atoms with E-state index in [9.17, 15) is 10.1 Å². The lowest BCUT2D eigenvalue weighted by Crippen LogP contribution is -2.51. The minimum atomic E-state index is -2.42. The third-order valence-corrected chi connectivity index (χ3v) is 6.47. The smallest absolute Gasteiger partial charge is 0.256 e. The van der Waals surface area contributed by atoms with E-state index in [1.54, 1.807) is 0 Å². The highest BCUT2D eigenvalue weighted by Gasteiger charge is 2.89. The molecule has 0 bridgehead atoms. The van der Waals surface area contributed by atoms with Gasteiger partial charge in [-0.05, 0) is 11.1 Å². The van der Waals surface area contributed by atoms with Crippen LogP contribution in [-0.4, -0.2) is 22.9 Å². The van der Waals surface area contributed by atoms with Gasteiger partial charge in [0.25, 0.3) is 5.91 Å². The lowest BCUT2D eigenvalue weighted by Gasteiger charge is -2.31. The van der Waals surface area contributed by atoms with Gasteiger partial charge in [-0.15, -0.1) is 0 Å². The standard InChI is InChI=1S/C22H20FN3O3/c23-22(19(25)27)17-18(22)21(11-20(17,26)12-24)28-15(13-7-3-1-4-8-13)16(29-21)14-9-5-2-6-10-14/h1-10,15-18H,11,26H2,(H2,25,27)/t15-,16-,17-,18+,20-,22+/m1/s1. The van der Waals surface area contributed by atoms with Gasteiger partial charge in [-0.3, -0.25) is 4.79 Å². The summed E-state index contributed by atoms with van der Waals surface area (Å²) in [4.78, 5) is 11.9. The van der Waals surface area contributed by atoms with Crippen molar-refractivity contribution in [2.24, 2.45) is 23.3 Å². The van der Waals surface area contributed by atoms with E-state index in [2.05, 4.69) is 0 Å². The zero-order valence-electron chi connectivity index (χ0n) is 15.5. The third-order valence-electron chi connectivity index (χ3n) is 6.47. The van der Waals surface area contributed by atoms with Crippen LogP contribution in [-0.2, 0) is 14.3 Å². The van der Waals surface area contributed by atoms with E-state index in [-0.39, 0.29) is 6.42 Å². The number of carbonyl (C=O) groups is 1. The number of amides is 1. The van der Waals surface area contributed by atoms with E-state index < -0.39 is 46.9 Å². The van der Waals surface area contributed by atoms with Crippen LogP contribution >= 0.6 is 0 Å². The molecule has 0 unspecified atom stereocenters. The first kappa shape index (κ1) is 18.3. The van der Waals surface area contributed by atoms with Crippen molar-refractivity contribution in [1.82, 2.24) is 0 Å². The van der Waals surface area contributed by atoms with E-state index in [1.165, 1.54) is 0 Å². The molecule has 1 aliphatic heterocycles. The summed E-state index contributed by atoms with van der Waals surface area (Å²) in [7, 11) is 0. The van der Waals surface area contributed by atoms with Gasteiger partial charge in [0.2, 0.25) is 5.67 Å². The predicted octanol–water partition coefficient (Wildman–Crippen LogP) is 2.28. The van der Waals surface area contributed by atoms with Crippen molar-refractivity contribution < 1.29 is 18.7 Å². The highest BCUT2D eigenvalue weighted by atomic mass is 19.1. The average Bonchev–Trinajstić information content (AvgIpc) is 3.12. The number of carbonyl (C=O) groups excluding carboxylic acids is 1. The molecule has 0 radical (unpaired) electrons. The number of ether oxygens (including phenoxy) is 2. The van der Waals surface area contributed by atoms with Crippen LogP contribution in [0.25, 0.3) is 0 Å². The first-order valence-corrected chi connectivity index (χ1v) is 9.50. The molecule has 1 spiro atoms.